The van der Waals surface area contributed by atoms with Gasteiger partial charge in [0.2, 0.25) is 0 Å². The SMILES string of the molecule is CC(C)CC(CN(C)C)NC(C)Cc1ccc(Br)cc1. The number of halogens is 1. The zero-order chi connectivity index (χ0) is 15.1. The van der Waals surface area contributed by atoms with Gasteiger partial charge in [-0.1, -0.05) is 41.9 Å². The number of hydrogen-bond acceptors (Lipinski definition) is 2. The highest BCUT2D eigenvalue weighted by Gasteiger charge is 2.15. The van der Waals surface area contributed by atoms with Crippen molar-refractivity contribution in [1.29, 1.82) is 0 Å². The molecule has 0 fully saturated rings. The van der Waals surface area contributed by atoms with E-state index in [4.69, 9.17) is 0 Å². The Balaban J connectivity index is 2.51. The van der Waals surface area contributed by atoms with Gasteiger partial charge in [-0.15, -0.1) is 0 Å². The molecule has 0 aliphatic carbocycles. The Labute approximate surface area is 133 Å². The third-order valence-corrected chi connectivity index (χ3v) is 3.85. The maximum absolute atomic E-state index is 3.79. The fourth-order valence-electron chi connectivity index (χ4n) is 2.64. The van der Waals surface area contributed by atoms with Crippen LogP contribution >= 0.6 is 15.9 Å². The lowest BCUT2D eigenvalue weighted by Gasteiger charge is -2.27. The van der Waals surface area contributed by atoms with Crippen molar-refractivity contribution in [1.82, 2.24) is 10.2 Å². The Morgan fingerprint density at radius 3 is 2.20 bits per heavy atom. The first kappa shape index (κ1) is 17.7. The molecule has 1 rings (SSSR count). The molecule has 1 N–H and O–H groups in total. The van der Waals surface area contributed by atoms with E-state index in [2.05, 4.69) is 85.3 Å². The number of nitrogens with zero attached hydrogens (tertiary/aromatic N) is 1. The molecule has 0 aliphatic rings. The minimum Gasteiger partial charge on any atom is -0.310 e. The summed E-state index contributed by atoms with van der Waals surface area (Å²) in [6.07, 6.45) is 2.30. The van der Waals surface area contributed by atoms with Gasteiger partial charge < -0.3 is 10.2 Å². The molecule has 0 heterocycles. The van der Waals surface area contributed by atoms with Gasteiger partial charge in [-0.05, 0) is 57.5 Å². The number of hydrogen-bond donors (Lipinski definition) is 1. The van der Waals surface area contributed by atoms with Crippen LogP contribution in [0, 0.1) is 5.92 Å². The highest BCUT2D eigenvalue weighted by molar-refractivity contribution is 9.10. The van der Waals surface area contributed by atoms with Gasteiger partial charge >= 0.3 is 0 Å². The van der Waals surface area contributed by atoms with Crippen molar-refractivity contribution < 1.29 is 0 Å². The molecule has 114 valence electrons. The van der Waals surface area contributed by atoms with Crippen LogP contribution < -0.4 is 5.32 Å². The summed E-state index contributed by atoms with van der Waals surface area (Å²) in [5.41, 5.74) is 1.39. The van der Waals surface area contributed by atoms with Gasteiger partial charge in [0.25, 0.3) is 0 Å². The molecule has 2 nitrogen and oxygen atoms in total. The third kappa shape index (κ3) is 7.41. The van der Waals surface area contributed by atoms with E-state index in [9.17, 15) is 0 Å². The molecule has 0 saturated heterocycles. The van der Waals surface area contributed by atoms with Crippen LogP contribution in [0.1, 0.15) is 32.8 Å². The van der Waals surface area contributed by atoms with E-state index in [1.165, 1.54) is 12.0 Å². The minimum atomic E-state index is 0.500. The Morgan fingerprint density at radius 2 is 1.70 bits per heavy atom. The molecule has 0 saturated carbocycles. The zero-order valence-electron chi connectivity index (χ0n) is 13.5. The summed E-state index contributed by atoms with van der Waals surface area (Å²) < 4.78 is 1.15. The van der Waals surface area contributed by atoms with Gasteiger partial charge in [0.15, 0.2) is 0 Å². The molecular weight excluding hydrogens is 312 g/mol. The average molecular weight is 341 g/mol. The molecule has 0 aromatic heterocycles. The molecular formula is C17H29BrN2. The van der Waals surface area contributed by atoms with Crippen molar-refractivity contribution in [2.24, 2.45) is 5.92 Å². The Morgan fingerprint density at radius 1 is 1.10 bits per heavy atom. The first-order chi connectivity index (χ1) is 9.36. The topological polar surface area (TPSA) is 15.3 Å². The lowest BCUT2D eigenvalue weighted by Crippen LogP contribution is -2.44. The van der Waals surface area contributed by atoms with Gasteiger partial charge in [-0.25, -0.2) is 0 Å². The molecule has 0 bridgehead atoms. The molecule has 20 heavy (non-hydrogen) atoms. The number of likely N-dealkylation sites (N-methyl/N-ethyl adjacent to an activating group) is 1. The predicted molar refractivity (Wildman–Crippen MR) is 92.2 cm³/mol. The lowest BCUT2D eigenvalue weighted by atomic mass is 10.0. The smallest absolute Gasteiger partial charge is 0.0199 e. The van der Waals surface area contributed by atoms with Crippen LogP contribution in [0.5, 0.6) is 0 Å². The second-order valence-corrected chi connectivity index (χ2v) is 7.40. The van der Waals surface area contributed by atoms with Gasteiger partial charge in [-0.3, -0.25) is 0 Å². The molecule has 1 aromatic rings. The number of benzene rings is 1. The van der Waals surface area contributed by atoms with Gasteiger partial charge in [-0.2, -0.15) is 0 Å². The molecule has 0 spiro atoms. The monoisotopic (exact) mass is 340 g/mol. The van der Waals surface area contributed by atoms with Crippen molar-refractivity contribution in [2.75, 3.05) is 20.6 Å². The second kappa shape index (κ2) is 8.81. The van der Waals surface area contributed by atoms with Crippen LogP contribution in [0.15, 0.2) is 28.7 Å². The number of rotatable bonds is 8. The predicted octanol–water partition coefficient (Wildman–Crippen LogP) is 3.95. The molecule has 0 amide bonds. The summed E-state index contributed by atoms with van der Waals surface area (Å²) >= 11 is 3.49. The van der Waals surface area contributed by atoms with E-state index >= 15 is 0 Å². The second-order valence-electron chi connectivity index (χ2n) is 6.49. The normalized spacial score (nSPS) is 14.8. The van der Waals surface area contributed by atoms with Crippen LogP contribution in [0.4, 0.5) is 0 Å². The van der Waals surface area contributed by atoms with Crippen molar-refractivity contribution in [3.05, 3.63) is 34.3 Å². The summed E-state index contributed by atoms with van der Waals surface area (Å²) in [5, 5.41) is 3.79. The quantitative estimate of drug-likeness (QED) is 0.770. The number of nitrogens with one attached hydrogen (secondary N) is 1. The summed E-state index contributed by atoms with van der Waals surface area (Å²) in [4.78, 5) is 2.27. The zero-order valence-corrected chi connectivity index (χ0v) is 15.1. The summed E-state index contributed by atoms with van der Waals surface area (Å²) in [5.74, 6) is 0.729. The third-order valence-electron chi connectivity index (χ3n) is 3.32. The maximum Gasteiger partial charge on any atom is 0.0199 e. The minimum absolute atomic E-state index is 0.500. The Bertz CT molecular complexity index is 363. The molecule has 1 aromatic carbocycles. The van der Waals surface area contributed by atoms with E-state index in [-0.39, 0.29) is 0 Å². The molecule has 0 aliphatic heterocycles. The van der Waals surface area contributed by atoms with Crippen molar-refractivity contribution >= 4 is 15.9 Å². The van der Waals surface area contributed by atoms with Crippen LogP contribution in [0.3, 0.4) is 0 Å². The van der Waals surface area contributed by atoms with E-state index in [1.807, 2.05) is 0 Å². The van der Waals surface area contributed by atoms with E-state index in [0.29, 0.717) is 12.1 Å². The highest BCUT2D eigenvalue weighted by atomic mass is 79.9. The van der Waals surface area contributed by atoms with E-state index in [0.717, 1.165) is 23.4 Å². The molecule has 2 unspecified atom stereocenters. The largest absolute Gasteiger partial charge is 0.310 e. The molecule has 3 heteroatoms. The first-order valence-electron chi connectivity index (χ1n) is 7.52. The van der Waals surface area contributed by atoms with E-state index < -0.39 is 0 Å². The first-order valence-corrected chi connectivity index (χ1v) is 8.31. The Hall–Kier alpha value is -0.380. The lowest BCUT2D eigenvalue weighted by molar-refractivity contribution is 0.289. The van der Waals surface area contributed by atoms with Crippen molar-refractivity contribution in [3.63, 3.8) is 0 Å². The van der Waals surface area contributed by atoms with Crippen LogP contribution in [0.25, 0.3) is 0 Å². The van der Waals surface area contributed by atoms with Gasteiger partial charge in [0.05, 0.1) is 0 Å². The van der Waals surface area contributed by atoms with Crippen molar-refractivity contribution in [3.8, 4) is 0 Å². The van der Waals surface area contributed by atoms with Crippen LogP contribution in [-0.4, -0.2) is 37.6 Å². The van der Waals surface area contributed by atoms with Crippen LogP contribution in [0.2, 0.25) is 0 Å². The van der Waals surface area contributed by atoms with Gasteiger partial charge in [0, 0.05) is 23.1 Å². The summed E-state index contributed by atoms with van der Waals surface area (Å²) in [6, 6.07) is 9.70. The van der Waals surface area contributed by atoms with Gasteiger partial charge in [0.1, 0.15) is 0 Å². The maximum atomic E-state index is 3.79. The van der Waals surface area contributed by atoms with E-state index in [1.54, 1.807) is 0 Å². The highest BCUT2D eigenvalue weighted by Crippen LogP contribution is 2.13. The van der Waals surface area contributed by atoms with Crippen LogP contribution in [-0.2, 0) is 6.42 Å². The summed E-state index contributed by atoms with van der Waals surface area (Å²) in [6.45, 7) is 7.97. The fourth-order valence-corrected chi connectivity index (χ4v) is 2.90. The molecule has 2 atom stereocenters. The molecule has 0 radical (unpaired) electrons. The standard InChI is InChI=1S/C17H29BrN2/c1-13(2)10-17(12-20(4)5)19-14(3)11-15-6-8-16(18)9-7-15/h6-9,13-14,17,19H,10-12H2,1-5H3. The fraction of sp³-hybridized carbons (Fsp3) is 0.647. The summed E-state index contributed by atoms with van der Waals surface area (Å²) in [7, 11) is 4.29. The average Bonchev–Trinajstić information content (AvgIpc) is 2.30. The van der Waals surface area contributed by atoms with Crippen molar-refractivity contribution in [2.45, 2.75) is 45.7 Å². The Kier molecular flexibility index (Phi) is 7.78.